The average Bonchev–Trinajstić information content (AvgIpc) is 2.45. The Morgan fingerprint density at radius 3 is 2.20 bits per heavy atom. The van der Waals surface area contributed by atoms with E-state index in [9.17, 15) is 0 Å². The molecule has 108 valence electrons. The van der Waals surface area contributed by atoms with Gasteiger partial charge in [0.2, 0.25) is 0 Å². The van der Waals surface area contributed by atoms with E-state index >= 15 is 0 Å². The normalized spacial score (nSPS) is 20.8. The number of aromatic nitrogens is 1. The first-order chi connectivity index (χ1) is 9.12. The maximum Gasteiger partial charge on any atom is 0.487 e. The number of hydrogen-bond donors (Lipinski definition) is 1. The molecule has 0 atom stereocenters. The maximum absolute atomic E-state index is 5.97. The number of nitrogens with zero attached hydrogens (tertiary/aromatic N) is 1. The number of pyridine rings is 1. The van der Waals surface area contributed by atoms with Crippen LogP contribution in [0.1, 0.15) is 44.5 Å². The largest absolute Gasteiger partial charge is 0.487 e. The van der Waals surface area contributed by atoms with Gasteiger partial charge in [-0.25, -0.2) is 4.98 Å². The Hall–Kier alpha value is -1.33. The molecule has 0 aliphatic carbocycles. The standard InChI is InChI=1S/C15H23BN2O2/c1-10-9-11(2)18-13(17)12(10)7-8-16-19-14(3,4)15(5,6)20-16/h7-9H,1-6H3,(H2,17,18)/b8-7+. The lowest BCUT2D eigenvalue weighted by molar-refractivity contribution is 0.00578. The van der Waals surface area contributed by atoms with Gasteiger partial charge in [0, 0.05) is 11.3 Å². The zero-order valence-corrected chi connectivity index (χ0v) is 13.2. The topological polar surface area (TPSA) is 57.4 Å². The average molecular weight is 274 g/mol. The Bertz CT molecular complexity index is 514. The van der Waals surface area contributed by atoms with E-state index in [0.29, 0.717) is 5.82 Å². The molecule has 1 aliphatic heterocycles. The van der Waals surface area contributed by atoms with E-state index in [2.05, 4.69) is 4.98 Å². The highest BCUT2D eigenvalue weighted by Crippen LogP contribution is 2.37. The molecular formula is C15H23BN2O2. The molecule has 0 saturated carbocycles. The second kappa shape index (κ2) is 4.90. The first-order valence-electron chi connectivity index (χ1n) is 6.90. The van der Waals surface area contributed by atoms with Gasteiger partial charge in [-0.1, -0.05) is 12.1 Å². The van der Waals surface area contributed by atoms with Crippen molar-refractivity contribution in [2.24, 2.45) is 0 Å². The predicted octanol–water partition coefficient (Wildman–Crippen LogP) is 2.93. The molecule has 5 heteroatoms. The van der Waals surface area contributed by atoms with Crippen molar-refractivity contribution in [1.82, 2.24) is 4.98 Å². The van der Waals surface area contributed by atoms with E-state index in [-0.39, 0.29) is 18.3 Å². The summed E-state index contributed by atoms with van der Waals surface area (Å²) in [6.07, 6.45) is 1.93. The van der Waals surface area contributed by atoms with Crippen molar-refractivity contribution >= 4 is 19.0 Å². The fourth-order valence-electron chi connectivity index (χ4n) is 2.23. The van der Waals surface area contributed by atoms with Crippen molar-refractivity contribution in [2.75, 3.05) is 5.73 Å². The molecule has 1 aromatic heterocycles. The Balaban J connectivity index is 2.20. The van der Waals surface area contributed by atoms with Gasteiger partial charge >= 0.3 is 7.12 Å². The highest BCUT2D eigenvalue weighted by Gasteiger charge is 2.50. The van der Waals surface area contributed by atoms with Gasteiger partial charge in [-0.3, -0.25) is 0 Å². The Kier molecular flexibility index (Phi) is 3.69. The minimum Gasteiger partial charge on any atom is -0.400 e. The number of nitrogen functional groups attached to an aromatic ring is 1. The van der Waals surface area contributed by atoms with Crippen LogP contribution in [0.3, 0.4) is 0 Å². The molecule has 2 heterocycles. The zero-order chi connectivity index (χ0) is 15.1. The molecule has 0 unspecified atom stereocenters. The molecule has 2 N–H and O–H groups in total. The molecule has 0 bridgehead atoms. The Morgan fingerprint density at radius 1 is 1.15 bits per heavy atom. The summed E-state index contributed by atoms with van der Waals surface area (Å²) in [5.41, 5.74) is 8.26. The predicted molar refractivity (Wildman–Crippen MR) is 83.2 cm³/mol. The van der Waals surface area contributed by atoms with E-state index in [0.717, 1.165) is 16.8 Å². The number of aryl methyl sites for hydroxylation is 2. The third kappa shape index (κ3) is 2.74. The van der Waals surface area contributed by atoms with Crippen molar-refractivity contribution in [3.05, 3.63) is 28.9 Å². The van der Waals surface area contributed by atoms with Gasteiger partial charge in [0.05, 0.1) is 11.2 Å². The number of nitrogens with two attached hydrogens (primary N) is 1. The first kappa shape index (κ1) is 15.1. The van der Waals surface area contributed by atoms with Crippen molar-refractivity contribution in [3.8, 4) is 0 Å². The van der Waals surface area contributed by atoms with Crippen LogP contribution in [-0.4, -0.2) is 23.3 Å². The molecular weight excluding hydrogens is 251 g/mol. The van der Waals surface area contributed by atoms with E-state index in [4.69, 9.17) is 15.0 Å². The fraction of sp³-hybridized carbons (Fsp3) is 0.533. The molecule has 2 rings (SSSR count). The summed E-state index contributed by atoms with van der Waals surface area (Å²) in [4.78, 5) is 4.28. The SMILES string of the molecule is Cc1cc(C)c(/C=C/B2OC(C)(C)C(C)(C)O2)c(N)n1. The molecule has 1 aromatic rings. The zero-order valence-electron chi connectivity index (χ0n) is 13.2. The Morgan fingerprint density at radius 2 is 1.70 bits per heavy atom. The van der Waals surface area contributed by atoms with E-state index in [1.165, 1.54) is 0 Å². The highest BCUT2D eigenvalue weighted by molar-refractivity contribution is 6.52. The summed E-state index contributed by atoms with van der Waals surface area (Å²) >= 11 is 0. The molecule has 1 fully saturated rings. The monoisotopic (exact) mass is 274 g/mol. The molecule has 20 heavy (non-hydrogen) atoms. The van der Waals surface area contributed by atoms with Gasteiger partial charge in [-0.15, -0.1) is 0 Å². The summed E-state index contributed by atoms with van der Waals surface area (Å²) in [6, 6.07) is 2.01. The van der Waals surface area contributed by atoms with Gasteiger partial charge in [0.15, 0.2) is 0 Å². The van der Waals surface area contributed by atoms with Gasteiger partial charge in [0.1, 0.15) is 5.82 Å². The van der Waals surface area contributed by atoms with Crippen molar-refractivity contribution < 1.29 is 9.31 Å². The van der Waals surface area contributed by atoms with Crippen LogP contribution < -0.4 is 5.73 Å². The molecule has 0 spiro atoms. The van der Waals surface area contributed by atoms with Crippen LogP contribution in [0, 0.1) is 13.8 Å². The second-order valence-electron chi connectivity index (χ2n) is 6.36. The minimum absolute atomic E-state index is 0.325. The third-order valence-corrected chi connectivity index (χ3v) is 4.11. The fourth-order valence-corrected chi connectivity index (χ4v) is 2.23. The third-order valence-electron chi connectivity index (χ3n) is 4.11. The lowest BCUT2D eigenvalue weighted by Crippen LogP contribution is -2.41. The smallest absolute Gasteiger partial charge is 0.400 e. The van der Waals surface area contributed by atoms with Gasteiger partial charge < -0.3 is 15.0 Å². The lowest BCUT2D eigenvalue weighted by atomic mass is 9.88. The molecule has 1 aliphatic rings. The van der Waals surface area contributed by atoms with Crippen LogP contribution in [0.25, 0.3) is 6.08 Å². The van der Waals surface area contributed by atoms with Crippen molar-refractivity contribution in [2.45, 2.75) is 52.7 Å². The number of anilines is 1. The van der Waals surface area contributed by atoms with Crippen molar-refractivity contribution in [1.29, 1.82) is 0 Å². The molecule has 0 radical (unpaired) electrons. The van der Waals surface area contributed by atoms with Crippen LogP contribution in [0.4, 0.5) is 5.82 Å². The first-order valence-corrected chi connectivity index (χ1v) is 6.90. The minimum atomic E-state index is -0.361. The van der Waals surface area contributed by atoms with Crippen LogP contribution in [0.5, 0.6) is 0 Å². The van der Waals surface area contributed by atoms with Gasteiger partial charge in [-0.2, -0.15) is 0 Å². The molecule has 0 aromatic carbocycles. The van der Waals surface area contributed by atoms with Crippen LogP contribution >= 0.6 is 0 Å². The lowest BCUT2D eigenvalue weighted by Gasteiger charge is -2.32. The quantitative estimate of drug-likeness (QED) is 0.842. The summed E-state index contributed by atoms with van der Waals surface area (Å²) < 4.78 is 11.8. The molecule has 4 nitrogen and oxygen atoms in total. The van der Waals surface area contributed by atoms with Gasteiger partial charge in [0.25, 0.3) is 0 Å². The number of rotatable bonds is 2. The highest BCUT2D eigenvalue weighted by atomic mass is 16.7. The van der Waals surface area contributed by atoms with Crippen LogP contribution in [0.15, 0.2) is 12.0 Å². The van der Waals surface area contributed by atoms with E-state index < -0.39 is 0 Å². The summed E-state index contributed by atoms with van der Waals surface area (Å²) in [5, 5.41) is 0. The van der Waals surface area contributed by atoms with Gasteiger partial charge in [-0.05, 0) is 53.2 Å². The summed E-state index contributed by atoms with van der Waals surface area (Å²) in [7, 11) is -0.361. The molecule has 1 saturated heterocycles. The van der Waals surface area contributed by atoms with E-state index in [1.807, 2.05) is 59.7 Å². The van der Waals surface area contributed by atoms with Crippen LogP contribution in [0.2, 0.25) is 0 Å². The summed E-state index contributed by atoms with van der Waals surface area (Å²) in [6.45, 7) is 12.1. The Labute approximate surface area is 121 Å². The number of hydrogen-bond acceptors (Lipinski definition) is 4. The maximum atomic E-state index is 5.97. The van der Waals surface area contributed by atoms with Crippen LogP contribution in [-0.2, 0) is 9.31 Å². The van der Waals surface area contributed by atoms with E-state index in [1.54, 1.807) is 0 Å². The molecule has 0 amide bonds. The second-order valence-corrected chi connectivity index (χ2v) is 6.36. The summed E-state index contributed by atoms with van der Waals surface area (Å²) in [5.74, 6) is 2.43. The van der Waals surface area contributed by atoms with Crippen molar-refractivity contribution in [3.63, 3.8) is 0 Å².